The molecule has 0 aliphatic heterocycles. The van der Waals surface area contributed by atoms with Crippen molar-refractivity contribution in [2.45, 2.75) is 40.8 Å². The van der Waals surface area contributed by atoms with Gasteiger partial charge in [0.2, 0.25) is 0 Å². The van der Waals surface area contributed by atoms with Crippen LogP contribution in [0.3, 0.4) is 0 Å². The van der Waals surface area contributed by atoms with Gasteiger partial charge in [0.05, 0.1) is 5.69 Å². The summed E-state index contributed by atoms with van der Waals surface area (Å²) in [6.07, 6.45) is 0. The summed E-state index contributed by atoms with van der Waals surface area (Å²) < 4.78 is 2.08. The van der Waals surface area contributed by atoms with Gasteiger partial charge in [-0.25, -0.2) is 0 Å². The summed E-state index contributed by atoms with van der Waals surface area (Å²) in [5.41, 5.74) is 7.58. The normalized spacial score (nSPS) is 11.0. The zero-order valence-electron chi connectivity index (χ0n) is 12.5. The zero-order chi connectivity index (χ0) is 14.0. The van der Waals surface area contributed by atoms with Gasteiger partial charge in [0.25, 0.3) is 0 Å². The molecule has 19 heavy (non-hydrogen) atoms. The highest BCUT2D eigenvalue weighted by Gasteiger charge is 2.15. The second-order valence-electron chi connectivity index (χ2n) is 5.05. The Balaban J connectivity index is 2.63. The predicted molar refractivity (Wildman–Crippen MR) is 80.3 cm³/mol. The lowest BCUT2D eigenvalue weighted by Gasteiger charge is -2.11. The summed E-state index contributed by atoms with van der Waals surface area (Å²) in [5, 5.41) is 7.88. The molecule has 1 aromatic heterocycles. The first-order valence-electron chi connectivity index (χ1n) is 6.87. The number of hydrogen-bond acceptors (Lipinski definition) is 2. The summed E-state index contributed by atoms with van der Waals surface area (Å²) in [6, 6.07) is 6.65. The van der Waals surface area contributed by atoms with Crippen LogP contribution in [0.2, 0.25) is 0 Å². The number of nitrogens with zero attached hydrogens (tertiary/aromatic N) is 2. The molecular formula is C16H23N3. The molecule has 0 aliphatic carbocycles. The number of benzene rings is 1. The molecule has 1 aromatic carbocycles. The van der Waals surface area contributed by atoms with E-state index in [1.165, 1.54) is 27.9 Å². The molecule has 0 saturated heterocycles. The summed E-state index contributed by atoms with van der Waals surface area (Å²) >= 11 is 0. The van der Waals surface area contributed by atoms with E-state index in [1.54, 1.807) is 0 Å². The first-order chi connectivity index (χ1) is 9.08. The van der Waals surface area contributed by atoms with E-state index < -0.39 is 0 Å². The van der Waals surface area contributed by atoms with Gasteiger partial charge in [-0.3, -0.25) is 4.68 Å². The Morgan fingerprint density at radius 2 is 1.95 bits per heavy atom. The van der Waals surface area contributed by atoms with Gasteiger partial charge >= 0.3 is 0 Å². The third-order valence-electron chi connectivity index (χ3n) is 3.58. The molecule has 0 spiro atoms. The van der Waals surface area contributed by atoms with E-state index in [2.05, 4.69) is 61.0 Å². The Hall–Kier alpha value is -1.61. The average Bonchev–Trinajstić information content (AvgIpc) is 2.67. The van der Waals surface area contributed by atoms with Crippen molar-refractivity contribution >= 4 is 0 Å². The Morgan fingerprint density at radius 1 is 1.21 bits per heavy atom. The second-order valence-corrected chi connectivity index (χ2v) is 5.05. The molecule has 2 rings (SSSR count). The maximum Gasteiger partial charge on any atom is 0.0675 e. The minimum atomic E-state index is 0.881. The van der Waals surface area contributed by atoms with Crippen molar-refractivity contribution in [3.05, 3.63) is 40.7 Å². The monoisotopic (exact) mass is 257 g/mol. The lowest BCUT2D eigenvalue weighted by molar-refractivity contribution is 0.634. The number of nitrogens with one attached hydrogen (secondary N) is 1. The maximum atomic E-state index is 4.63. The van der Waals surface area contributed by atoms with Crippen LogP contribution in [0, 0.1) is 20.8 Å². The van der Waals surface area contributed by atoms with Gasteiger partial charge in [-0.2, -0.15) is 5.10 Å². The summed E-state index contributed by atoms with van der Waals surface area (Å²) in [4.78, 5) is 0. The van der Waals surface area contributed by atoms with E-state index in [9.17, 15) is 0 Å². The molecule has 0 radical (unpaired) electrons. The first-order valence-corrected chi connectivity index (χ1v) is 6.87. The van der Waals surface area contributed by atoms with Gasteiger partial charge in [0.1, 0.15) is 0 Å². The van der Waals surface area contributed by atoms with Crippen molar-refractivity contribution in [1.29, 1.82) is 0 Å². The zero-order valence-corrected chi connectivity index (χ0v) is 12.5. The summed E-state index contributed by atoms with van der Waals surface area (Å²) in [5.74, 6) is 0. The Morgan fingerprint density at radius 3 is 2.53 bits per heavy atom. The van der Waals surface area contributed by atoms with Crippen molar-refractivity contribution in [1.82, 2.24) is 15.1 Å². The van der Waals surface area contributed by atoms with Crippen LogP contribution >= 0.6 is 0 Å². The highest BCUT2D eigenvalue weighted by Crippen LogP contribution is 2.30. The van der Waals surface area contributed by atoms with E-state index in [-0.39, 0.29) is 0 Å². The molecule has 2 aromatic rings. The van der Waals surface area contributed by atoms with Crippen molar-refractivity contribution in [2.75, 3.05) is 7.05 Å². The van der Waals surface area contributed by atoms with Crippen LogP contribution in [0.15, 0.2) is 18.2 Å². The molecule has 3 nitrogen and oxygen atoms in total. The van der Waals surface area contributed by atoms with Gasteiger partial charge in [-0.1, -0.05) is 23.8 Å². The number of aromatic nitrogens is 2. The van der Waals surface area contributed by atoms with Crippen molar-refractivity contribution < 1.29 is 0 Å². The molecule has 0 bridgehead atoms. The van der Waals surface area contributed by atoms with Crippen LogP contribution in [0.1, 0.15) is 29.4 Å². The molecule has 1 N–H and O–H groups in total. The SMILES string of the molecule is CCn1nc(C)c(-c2cc(C)ccc2CNC)c1C. The van der Waals surface area contributed by atoms with Crippen molar-refractivity contribution in [2.24, 2.45) is 0 Å². The lowest BCUT2D eigenvalue weighted by Crippen LogP contribution is -2.07. The number of aryl methyl sites for hydroxylation is 3. The molecule has 0 atom stereocenters. The molecule has 0 fully saturated rings. The molecule has 0 unspecified atom stereocenters. The highest BCUT2D eigenvalue weighted by atomic mass is 15.3. The van der Waals surface area contributed by atoms with Crippen LogP contribution in [0.5, 0.6) is 0 Å². The molecule has 3 heteroatoms. The van der Waals surface area contributed by atoms with Crippen LogP contribution < -0.4 is 5.32 Å². The number of rotatable bonds is 4. The van der Waals surface area contributed by atoms with Crippen LogP contribution in [0.4, 0.5) is 0 Å². The van der Waals surface area contributed by atoms with Crippen molar-refractivity contribution in [3.8, 4) is 11.1 Å². The molecule has 0 saturated carbocycles. The molecular weight excluding hydrogens is 234 g/mol. The molecule has 1 heterocycles. The first kappa shape index (κ1) is 13.8. The van der Waals surface area contributed by atoms with E-state index in [4.69, 9.17) is 0 Å². The van der Waals surface area contributed by atoms with Crippen LogP contribution in [0.25, 0.3) is 11.1 Å². The second kappa shape index (κ2) is 5.57. The van der Waals surface area contributed by atoms with Gasteiger partial charge in [-0.05, 0) is 45.9 Å². The minimum Gasteiger partial charge on any atom is -0.316 e. The van der Waals surface area contributed by atoms with Gasteiger partial charge in [-0.15, -0.1) is 0 Å². The Kier molecular flexibility index (Phi) is 4.05. The average molecular weight is 257 g/mol. The standard InChI is InChI=1S/C16H23N3/c1-6-19-13(4)16(12(3)18-19)15-9-11(2)7-8-14(15)10-17-5/h7-9,17H,6,10H2,1-5H3. The fraction of sp³-hybridized carbons (Fsp3) is 0.438. The van der Waals surface area contributed by atoms with Crippen LogP contribution in [-0.2, 0) is 13.1 Å². The minimum absolute atomic E-state index is 0.881. The molecule has 0 aliphatic rings. The Labute approximate surface area is 115 Å². The summed E-state index contributed by atoms with van der Waals surface area (Å²) in [7, 11) is 1.98. The van der Waals surface area contributed by atoms with Gasteiger partial charge < -0.3 is 5.32 Å². The fourth-order valence-electron chi connectivity index (χ4n) is 2.66. The predicted octanol–water partition coefficient (Wildman–Crippen LogP) is 3.21. The summed E-state index contributed by atoms with van der Waals surface area (Å²) in [6.45, 7) is 10.3. The van der Waals surface area contributed by atoms with E-state index >= 15 is 0 Å². The topological polar surface area (TPSA) is 29.9 Å². The van der Waals surface area contributed by atoms with Crippen molar-refractivity contribution in [3.63, 3.8) is 0 Å². The molecule has 102 valence electrons. The van der Waals surface area contributed by atoms with Gasteiger partial charge in [0, 0.05) is 24.3 Å². The van der Waals surface area contributed by atoms with E-state index in [0.29, 0.717) is 0 Å². The quantitative estimate of drug-likeness (QED) is 0.911. The molecule has 0 amide bonds. The third-order valence-corrected chi connectivity index (χ3v) is 3.58. The Bertz CT molecular complexity index is 582. The van der Waals surface area contributed by atoms with Crippen LogP contribution in [-0.4, -0.2) is 16.8 Å². The van der Waals surface area contributed by atoms with Gasteiger partial charge in [0.15, 0.2) is 0 Å². The maximum absolute atomic E-state index is 4.63. The van der Waals surface area contributed by atoms with E-state index in [0.717, 1.165) is 18.8 Å². The third kappa shape index (κ3) is 2.56. The number of hydrogen-bond donors (Lipinski definition) is 1. The smallest absolute Gasteiger partial charge is 0.0675 e. The highest BCUT2D eigenvalue weighted by molar-refractivity contribution is 5.72. The van der Waals surface area contributed by atoms with E-state index in [1.807, 2.05) is 7.05 Å². The fourth-order valence-corrected chi connectivity index (χ4v) is 2.66. The largest absolute Gasteiger partial charge is 0.316 e. The lowest BCUT2D eigenvalue weighted by atomic mass is 9.96.